The third-order valence-electron chi connectivity index (χ3n) is 1.45. The van der Waals surface area contributed by atoms with E-state index in [0.29, 0.717) is 0 Å². The molecule has 1 rings (SSSR count). The van der Waals surface area contributed by atoms with Crippen LogP contribution >= 0.6 is 31.9 Å². The van der Waals surface area contributed by atoms with Crippen molar-refractivity contribution in [2.24, 2.45) is 0 Å². The van der Waals surface area contributed by atoms with Gasteiger partial charge in [-0.2, -0.15) is 0 Å². The lowest BCUT2D eigenvalue weighted by molar-refractivity contribution is 0.414. The van der Waals surface area contributed by atoms with Crippen LogP contribution in [0.5, 0.6) is 5.75 Å². The third kappa shape index (κ3) is 2.35. The van der Waals surface area contributed by atoms with Gasteiger partial charge in [-0.25, -0.2) is 0 Å². The topological polar surface area (TPSA) is 9.23 Å². The molecule has 0 bridgehead atoms. The largest absolute Gasteiger partial charge is 0.497 e. The molecule has 1 aromatic carbocycles. The minimum atomic E-state index is 0.860. The predicted molar refractivity (Wildman–Crippen MR) is 58.7 cm³/mol. The lowest BCUT2D eigenvalue weighted by atomic mass is 10.2. The van der Waals surface area contributed by atoms with Crippen LogP contribution in [-0.4, -0.2) is 7.11 Å². The summed E-state index contributed by atoms with van der Waals surface area (Å²) < 4.78 is 6.14. The van der Waals surface area contributed by atoms with Gasteiger partial charge in [0.05, 0.1) is 7.11 Å². The summed E-state index contributed by atoms with van der Waals surface area (Å²) in [4.78, 5) is 1.81. The maximum absolute atomic E-state index is 5.09. The summed E-state index contributed by atoms with van der Waals surface area (Å²) in [6.45, 7) is 0. The van der Waals surface area contributed by atoms with Crippen molar-refractivity contribution in [3.63, 3.8) is 0 Å². The van der Waals surface area contributed by atoms with Crippen LogP contribution in [0.2, 0.25) is 0 Å². The Morgan fingerprint density at radius 2 is 2.17 bits per heavy atom. The van der Waals surface area contributed by atoms with Gasteiger partial charge in [-0.1, -0.05) is 31.9 Å². The van der Waals surface area contributed by atoms with Crippen LogP contribution in [-0.2, 0) is 0 Å². The molecule has 0 saturated heterocycles. The van der Waals surface area contributed by atoms with Crippen molar-refractivity contribution in [3.05, 3.63) is 33.2 Å². The Bertz CT molecular complexity index is 295. The summed E-state index contributed by atoms with van der Waals surface area (Å²) in [5.74, 6) is 0.860. The lowest BCUT2D eigenvalue weighted by Crippen LogP contribution is -1.83. The fraction of sp³-hybridized carbons (Fsp3) is 0.111. The van der Waals surface area contributed by atoms with Crippen LogP contribution in [0.3, 0.4) is 0 Å². The molecule has 0 aliphatic rings. The summed E-state index contributed by atoms with van der Waals surface area (Å²) in [5.41, 5.74) is 1.09. The molecular weight excluding hydrogens is 284 g/mol. The van der Waals surface area contributed by atoms with Crippen LogP contribution in [0.4, 0.5) is 0 Å². The zero-order chi connectivity index (χ0) is 8.97. The van der Waals surface area contributed by atoms with Gasteiger partial charge in [0, 0.05) is 4.47 Å². The fourth-order valence-electron chi connectivity index (χ4n) is 0.844. The standard InChI is InChI=1S/C9H8Br2O/c1-12-8-2-3-9(11)7(6-8)4-5-10/h2-6H,1H3/b5-4+. The molecule has 12 heavy (non-hydrogen) atoms. The van der Waals surface area contributed by atoms with E-state index < -0.39 is 0 Å². The highest BCUT2D eigenvalue weighted by Gasteiger charge is 1.97. The van der Waals surface area contributed by atoms with E-state index in [1.54, 1.807) is 7.11 Å². The summed E-state index contributed by atoms with van der Waals surface area (Å²) in [6.07, 6.45) is 1.95. The molecule has 1 aromatic rings. The summed E-state index contributed by atoms with van der Waals surface area (Å²) in [5, 5.41) is 0. The zero-order valence-corrected chi connectivity index (χ0v) is 9.72. The van der Waals surface area contributed by atoms with Crippen molar-refractivity contribution >= 4 is 37.9 Å². The van der Waals surface area contributed by atoms with Crippen LogP contribution in [0.25, 0.3) is 6.08 Å². The average Bonchev–Trinajstić information content (AvgIpc) is 2.09. The number of methoxy groups -OCH3 is 1. The second-order valence-corrected chi connectivity index (χ2v) is 3.56. The molecule has 0 fully saturated rings. The van der Waals surface area contributed by atoms with Crippen LogP contribution in [0.15, 0.2) is 27.7 Å². The van der Waals surface area contributed by atoms with Crippen molar-refractivity contribution in [2.45, 2.75) is 0 Å². The Morgan fingerprint density at radius 3 is 2.75 bits per heavy atom. The van der Waals surface area contributed by atoms with Gasteiger partial charge < -0.3 is 4.74 Å². The fourth-order valence-corrected chi connectivity index (χ4v) is 1.51. The van der Waals surface area contributed by atoms with E-state index in [2.05, 4.69) is 31.9 Å². The zero-order valence-electron chi connectivity index (χ0n) is 6.55. The first-order chi connectivity index (χ1) is 5.77. The van der Waals surface area contributed by atoms with E-state index in [0.717, 1.165) is 15.8 Å². The first-order valence-corrected chi connectivity index (χ1v) is 5.09. The number of benzene rings is 1. The normalized spacial score (nSPS) is 10.6. The van der Waals surface area contributed by atoms with Crippen molar-refractivity contribution in [1.29, 1.82) is 0 Å². The summed E-state index contributed by atoms with van der Waals surface area (Å²) >= 11 is 6.66. The highest BCUT2D eigenvalue weighted by Crippen LogP contribution is 2.23. The Kier molecular flexibility index (Phi) is 3.82. The molecule has 0 aliphatic carbocycles. The number of hydrogen-bond donors (Lipinski definition) is 0. The van der Waals surface area contributed by atoms with Gasteiger partial charge in [-0.15, -0.1) is 0 Å². The number of ether oxygens (including phenoxy) is 1. The van der Waals surface area contributed by atoms with Gasteiger partial charge in [0.15, 0.2) is 0 Å². The van der Waals surface area contributed by atoms with Gasteiger partial charge >= 0.3 is 0 Å². The quantitative estimate of drug-likeness (QED) is 0.805. The molecule has 0 N–H and O–H groups in total. The molecule has 3 heteroatoms. The van der Waals surface area contributed by atoms with E-state index in [9.17, 15) is 0 Å². The minimum Gasteiger partial charge on any atom is -0.497 e. The second kappa shape index (κ2) is 4.67. The Balaban J connectivity index is 3.08. The van der Waals surface area contributed by atoms with Crippen molar-refractivity contribution in [3.8, 4) is 5.75 Å². The van der Waals surface area contributed by atoms with E-state index in [4.69, 9.17) is 4.74 Å². The molecule has 0 heterocycles. The Morgan fingerprint density at radius 1 is 1.42 bits per heavy atom. The molecule has 64 valence electrons. The molecule has 1 nitrogen and oxygen atoms in total. The van der Waals surface area contributed by atoms with Crippen LogP contribution in [0, 0.1) is 0 Å². The number of halogens is 2. The molecule has 0 amide bonds. The molecule has 0 radical (unpaired) electrons. The average molecular weight is 292 g/mol. The summed E-state index contributed by atoms with van der Waals surface area (Å²) in [7, 11) is 1.66. The van der Waals surface area contributed by atoms with E-state index in [1.807, 2.05) is 29.3 Å². The first-order valence-electron chi connectivity index (χ1n) is 3.38. The number of rotatable bonds is 2. The first kappa shape index (κ1) is 9.81. The molecule has 0 saturated carbocycles. The van der Waals surface area contributed by atoms with Gasteiger partial charge in [0.25, 0.3) is 0 Å². The Labute approximate surface area is 88.7 Å². The van der Waals surface area contributed by atoms with E-state index in [-0.39, 0.29) is 0 Å². The smallest absolute Gasteiger partial charge is 0.119 e. The third-order valence-corrected chi connectivity index (χ3v) is 2.43. The predicted octanol–water partition coefficient (Wildman–Crippen LogP) is 3.82. The van der Waals surface area contributed by atoms with E-state index >= 15 is 0 Å². The minimum absolute atomic E-state index is 0.860. The number of hydrogen-bond acceptors (Lipinski definition) is 1. The maximum atomic E-state index is 5.09. The SMILES string of the molecule is COc1ccc(Br)c(/C=C/Br)c1. The van der Waals surface area contributed by atoms with Gasteiger partial charge in [0.1, 0.15) is 5.75 Å². The molecule has 0 unspecified atom stereocenters. The van der Waals surface area contributed by atoms with Crippen molar-refractivity contribution in [2.75, 3.05) is 7.11 Å². The monoisotopic (exact) mass is 290 g/mol. The molecular formula is C9H8Br2O. The summed E-state index contributed by atoms with van der Waals surface area (Å²) in [6, 6.07) is 5.83. The molecule has 0 aromatic heterocycles. The maximum Gasteiger partial charge on any atom is 0.119 e. The highest BCUT2D eigenvalue weighted by molar-refractivity contribution is 9.11. The Hall–Kier alpha value is -0.280. The molecule has 0 spiro atoms. The van der Waals surface area contributed by atoms with Crippen LogP contribution < -0.4 is 4.74 Å². The van der Waals surface area contributed by atoms with E-state index in [1.165, 1.54) is 0 Å². The highest BCUT2D eigenvalue weighted by atomic mass is 79.9. The van der Waals surface area contributed by atoms with Crippen molar-refractivity contribution in [1.82, 2.24) is 0 Å². The van der Waals surface area contributed by atoms with Crippen LogP contribution in [0.1, 0.15) is 5.56 Å². The van der Waals surface area contributed by atoms with Gasteiger partial charge in [-0.05, 0) is 34.8 Å². The lowest BCUT2D eigenvalue weighted by Gasteiger charge is -2.02. The van der Waals surface area contributed by atoms with Gasteiger partial charge in [0.2, 0.25) is 0 Å². The van der Waals surface area contributed by atoms with Gasteiger partial charge in [-0.3, -0.25) is 0 Å². The molecule has 0 atom stereocenters. The molecule has 0 aliphatic heterocycles. The second-order valence-electron chi connectivity index (χ2n) is 2.18. The van der Waals surface area contributed by atoms with Crippen molar-refractivity contribution < 1.29 is 4.74 Å².